The molecule has 0 aliphatic heterocycles. The molecule has 0 aromatic heterocycles. The Labute approximate surface area is 56.6 Å². The predicted octanol–water partition coefficient (Wildman–Crippen LogP) is -0.863. The Kier molecular flexibility index (Phi) is 2.48. The molecule has 1 atom stereocenters. The first-order chi connectivity index (χ1) is 4.83. The van der Waals surface area contributed by atoms with Gasteiger partial charge >= 0.3 is 5.97 Å². The molecule has 0 radical (unpaired) electrons. The lowest BCUT2D eigenvalue weighted by Gasteiger charge is -2.02. The minimum atomic E-state index is -1.83. The van der Waals surface area contributed by atoms with Crippen LogP contribution < -0.4 is 11.5 Å². The highest BCUT2D eigenvalue weighted by atomic mass is 16.4. The molecular weight excluding hydrogens is 120 g/mol. The van der Waals surface area contributed by atoms with E-state index in [4.69, 9.17) is 19.3 Å². The normalized spacial score (nSPS) is 18.0. The summed E-state index contributed by atoms with van der Waals surface area (Å²) in [6, 6.07) is -1.02. The first-order valence-corrected chi connectivity index (χ1v) is 2.60. The summed E-state index contributed by atoms with van der Waals surface area (Å²) in [5, 5.41) is 8.29. The molecule has 0 fully saturated rings. The van der Waals surface area contributed by atoms with Crippen molar-refractivity contribution in [1.82, 2.24) is 0 Å². The van der Waals surface area contributed by atoms with Crippen molar-refractivity contribution in [3.63, 3.8) is 0 Å². The van der Waals surface area contributed by atoms with E-state index >= 15 is 0 Å². The third-order valence-electron chi connectivity index (χ3n) is 0.917. The summed E-state index contributed by atoms with van der Waals surface area (Å²) in [7, 11) is 0. The van der Waals surface area contributed by atoms with Gasteiger partial charge in [-0.25, -0.2) is 0 Å². The minimum absolute atomic E-state index is 0.0412. The summed E-state index contributed by atoms with van der Waals surface area (Å²) in [6.07, 6.45) is 0.0132. The number of nitrogens with two attached hydrogens (primary N) is 2. The van der Waals surface area contributed by atoms with Crippen molar-refractivity contribution in [2.24, 2.45) is 11.5 Å². The molecule has 1 unspecified atom stereocenters. The predicted molar refractivity (Wildman–Crippen MR) is 33.9 cm³/mol. The van der Waals surface area contributed by atoms with Gasteiger partial charge in [-0.05, 0) is 19.3 Å². The molecule has 9 heavy (non-hydrogen) atoms. The topological polar surface area (TPSA) is 89.3 Å². The number of hydrogen-bond donors (Lipinski definition) is 3. The monoisotopic (exact) mass is 134 g/mol. The maximum atomic E-state index is 10.1. The van der Waals surface area contributed by atoms with E-state index in [0.29, 0.717) is 0 Å². The second kappa shape index (κ2) is 4.29. The van der Waals surface area contributed by atoms with Crippen molar-refractivity contribution in [3.8, 4) is 0 Å². The van der Waals surface area contributed by atoms with Gasteiger partial charge in [-0.3, -0.25) is 4.79 Å². The molecule has 5 N–H and O–H groups in total. The van der Waals surface area contributed by atoms with Crippen LogP contribution in [-0.2, 0) is 4.79 Å². The molecule has 4 heteroatoms. The van der Waals surface area contributed by atoms with Crippen molar-refractivity contribution >= 4 is 5.97 Å². The first-order valence-electron chi connectivity index (χ1n) is 3.60. The zero-order valence-electron chi connectivity index (χ0n) is 7.00. The zero-order chi connectivity index (χ0) is 9.07. The van der Waals surface area contributed by atoms with E-state index in [1.54, 1.807) is 0 Å². The minimum Gasteiger partial charge on any atom is -0.480 e. The van der Waals surface area contributed by atoms with E-state index < -0.39 is 18.5 Å². The standard InChI is InChI=1S/C5H12N2O2/c6-3-1-2-4(7)5(8)9/h4H,1-3,6-7H2,(H,8,9)/i3D2. The average molecular weight is 134 g/mol. The van der Waals surface area contributed by atoms with Gasteiger partial charge in [0.25, 0.3) is 0 Å². The molecule has 0 aromatic carbocycles. The maximum Gasteiger partial charge on any atom is 0.320 e. The van der Waals surface area contributed by atoms with Crippen LogP contribution in [0.15, 0.2) is 0 Å². The van der Waals surface area contributed by atoms with Crippen LogP contribution in [-0.4, -0.2) is 23.6 Å². The maximum absolute atomic E-state index is 10.1. The van der Waals surface area contributed by atoms with Gasteiger partial charge in [0.15, 0.2) is 0 Å². The molecule has 0 aliphatic carbocycles. The highest BCUT2D eigenvalue weighted by molar-refractivity contribution is 5.72. The lowest BCUT2D eigenvalue weighted by Crippen LogP contribution is -2.30. The van der Waals surface area contributed by atoms with E-state index in [9.17, 15) is 4.79 Å². The molecule has 0 heterocycles. The van der Waals surface area contributed by atoms with Crippen molar-refractivity contribution in [3.05, 3.63) is 0 Å². The summed E-state index contributed by atoms with van der Waals surface area (Å²) in [4.78, 5) is 10.1. The van der Waals surface area contributed by atoms with Gasteiger partial charge < -0.3 is 16.6 Å². The molecule has 0 spiro atoms. The molecule has 0 saturated carbocycles. The zero-order valence-corrected chi connectivity index (χ0v) is 5.00. The Morgan fingerprint density at radius 1 is 1.89 bits per heavy atom. The van der Waals surface area contributed by atoms with Crippen molar-refractivity contribution in [2.45, 2.75) is 18.9 Å². The van der Waals surface area contributed by atoms with E-state index in [-0.39, 0.29) is 12.8 Å². The van der Waals surface area contributed by atoms with Crippen LogP contribution in [0.25, 0.3) is 0 Å². The van der Waals surface area contributed by atoms with E-state index in [2.05, 4.69) is 0 Å². The molecule has 0 aromatic rings. The largest absolute Gasteiger partial charge is 0.480 e. The van der Waals surface area contributed by atoms with Crippen LogP contribution in [0.3, 0.4) is 0 Å². The van der Waals surface area contributed by atoms with E-state index in [1.807, 2.05) is 0 Å². The fraction of sp³-hybridized carbons (Fsp3) is 0.800. The fourth-order valence-electron chi connectivity index (χ4n) is 0.362. The second-order valence-corrected chi connectivity index (χ2v) is 1.69. The van der Waals surface area contributed by atoms with Crippen LogP contribution in [0.2, 0.25) is 0 Å². The van der Waals surface area contributed by atoms with Gasteiger partial charge in [-0.2, -0.15) is 0 Å². The summed E-state index contributed by atoms with van der Waals surface area (Å²) in [5.41, 5.74) is 10.1. The number of carboxylic acids is 1. The number of carbonyl (C=O) groups is 1. The molecule has 54 valence electrons. The van der Waals surface area contributed by atoms with Crippen LogP contribution in [0.5, 0.6) is 0 Å². The van der Waals surface area contributed by atoms with Gasteiger partial charge in [-0.15, -0.1) is 0 Å². The summed E-state index contributed by atoms with van der Waals surface area (Å²) >= 11 is 0. The molecule has 0 aliphatic rings. The van der Waals surface area contributed by atoms with Crippen LogP contribution in [0, 0.1) is 0 Å². The molecule has 0 amide bonds. The first kappa shape index (κ1) is 5.20. The van der Waals surface area contributed by atoms with Gasteiger partial charge in [0.1, 0.15) is 6.04 Å². The quantitative estimate of drug-likeness (QED) is 0.466. The highest BCUT2D eigenvalue weighted by Crippen LogP contribution is 1.91. The SMILES string of the molecule is [2H]C([2H])(N)CCC(N)C(=O)O. The Hall–Kier alpha value is -0.610. The Morgan fingerprint density at radius 2 is 2.44 bits per heavy atom. The Balaban J connectivity index is 3.63. The molecule has 0 rings (SSSR count). The van der Waals surface area contributed by atoms with Crippen molar-refractivity contribution in [2.75, 3.05) is 6.50 Å². The van der Waals surface area contributed by atoms with Crippen LogP contribution >= 0.6 is 0 Å². The van der Waals surface area contributed by atoms with Crippen molar-refractivity contribution < 1.29 is 12.6 Å². The third kappa shape index (κ3) is 3.93. The second-order valence-electron chi connectivity index (χ2n) is 1.69. The van der Waals surface area contributed by atoms with Gasteiger partial charge in [0.05, 0.1) is 0 Å². The average Bonchev–Trinajstić information content (AvgIpc) is 1.80. The number of aliphatic carboxylic acids is 1. The van der Waals surface area contributed by atoms with Gasteiger partial charge in [0, 0.05) is 2.74 Å². The van der Waals surface area contributed by atoms with Crippen molar-refractivity contribution in [1.29, 1.82) is 0 Å². The molecule has 0 saturated heterocycles. The lowest BCUT2D eigenvalue weighted by atomic mass is 10.2. The van der Waals surface area contributed by atoms with Crippen LogP contribution in [0.4, 0.5) is 0 Å². The smallest absolute Gasteiger partial charge is 0.320 e. The fourth-order valence-corrected chi connectivity index (χ4v) is 0.362. The van der Waals surface area contributed by atoms with Gasteiger partial charge in [-0.1, -0.05) is 0 Å². The van der Waals surface area contributed by atoms with E-state index in [1.165, 1.54) is 0 Å². The third-order valence-corrected chi connectivity index (χ3v) is 0.917. The molecule has 0 bridgehead atoms. The number of carboxylic acid groups (broad SMARTS) is 1. The number of hydrogen-bond acceptors (Lipinski definition) is 3. The molecular formula is C5H12N2O2. The Morgan fingerprint density at radius 3 is 2.78 bits per heavy atom. The summed E-state index contributed by atoms with van der Waals surface area (Å²) < 4.78 is 13.7. The van der Waals surface area contributed by atoms with Gasteiger partial charge in [0.2, 0.25) is 0 Å². The molecule has 4 nitrogen and oxygen atoms in total. The lowest BCUT2D eigenvalue weighted by molar-refractivity contribution is -0.138. The van der Waals surface area contributed by atoms with Crippen LogP contribution in [0.1, 0.15) is 15.6 Å². The summed E-state index contributed by atoms with van der Waals surface area (Å²) in [6.45, 7) is -1.83. The highest BCUT2D eigenvalue weighted by Gasteiger charge is 2.08. The Bertz CT molecular complexity index is 146. The summed E-state index contributed by atoms with van der Waals surface area (Å²) in [5.74, 6) is -1.13. The number of rotatable bonds is 4. The van der Waals surface area contributed by atoms with E-state index in [0.717, 1.165) is 0 Å².